The van der Waals surface area contributed by atoms with E-state index in [1.165, 1.54) is 0 Å². The van der Waals surface area contributed by atoms with Crippen LogP contribution in [0.2, 0.25) is 0 Å². The molecule has 5 nitrogen and oxygen atoms in total. The maximum atomic E-state index is 12.5. The molecule has 1 saturated heterocycles. The molecular weight excluding hydrogens is 276 g/mol. The minimum atomic E-state index is -0.0304. The molecule has 1 aliphatic heterocycles. The summed E-state index contributed by atoms with van der Waals surface area (Å²) < 4.78 is 0. The van der Waals surface area contributed by atoms with Crippen molar-refractivity contribution in [2.75, 3.05) is 23.3 Å². The highest BCUT2D eigenvalue weighted by Gasteiger charge is 2.27. The number of carbonyl (C=O) groups is 1. The van der Waals surface area contributed by atoms with Crippen molar-refractivity contribution in [2.45, 2.75) is 19.8 Å². The van der Waals surface area contributed by atoms with Crippen molar-refractivity contribution in [3.63, 3.8) is 0 Å². The summed E-state index contributed by atoms with van der Waals surface area (Å²) in [6.45, 7) is 3.57. The molecule has 1 atom stereocenters. The van der Waals surface area contributed by atoms with Gasteiger partial charge in [-0.1, -0.05) is 18.2 Å². The highest BCUT2D eigenvalue weighted by atomic mass is 16.1. The molecule has 0 unspecified atom stereocenters. The van der Waals surface area contributed by atoms with E-state index in [9.17, 15) is 4.79 Å². The maximum absolute atomic E-state index is 12.5. The summed E-state index contributed by atoms with van der Waals surface area (Å²) in [5, 5.41) is 3.05. The number of hydrogen-bond donors (Lipinski definition) is 1. The van der Waals surface area contributed by atoms with Crippen LogP contribution in [0, 0.1) is 12.8 Å². The van der Waals surface area contributed by atoms with Crippen molar-refractivity contribution >= 4 is 17.5 Å². The number of nitrogens with one attached hydrogen (secondary N) is 1. The molecule has 2 heterocycles. The Kier molecular flexibility index (Phi) is 4.32. The predicted octanol–water partition coefficient (Wildman–Crippen LogP) is 2.64. The molecule has 1 aromatic carbocycles. The minimum absolute atomic E-state index is 0.0304. The lowest BCUT2D eigenvalue weighted by Gasteiger charge is -2.32. The summed E-state index contributed by atoms with van der Waals surface area (Å²) in [4.78, 5) is 23.2. The molecule has 0 bridgehead atoms. The van der Waals surface area contributed by atoms with E-state index < -0.39 is 0 Å². The van der Waals surface area contributed by atoms with Crippen LogP contribution in [-0.4, -0.2) is 29.0 Å². The van der Waals surface area contributed by atoms with Crippen LogP contribution in [0.15, 0.2) is 42.7 Å². The van der Waals surface area contributed by atoms with E-state index >= 15 is 0 Å². The van der Waals surface area contributed by atoms with Gasteiger partial charge in [0.2, 0.25) is 11.9 Å². The first-order valence-corrected chi connectivity index (χ1v) is 7.62. The normalized spacial score (nSPS) is 18.0. The monoisotopic (exact) mass is 296 g/mol. The molecule has 1 aliphatic rings. The Morgan fingerprint density at radius 2 is 2.00 bits per heavy atom. The Morgan fingerprint density at radius 1 is 1.23 bits per heavy atom. The maximum Gasteiger partial charge on any atom is 0.229 e. The zero-order valence-corrected chi connectivity index (χ0v) is 12.7. The van der Waals surface area contributed by atoms with E-state index in [-0.39, 0.29) is 11.8 Å². The van der Waals surface area contributed by atoms with Gasteiger partial charge in [-0.15, -0.1) is 0 Å². The fraction of sp³-hybridized carbons (Fsp3) is 0.353. The van der Waals surface area contributed by atoms with Gasteiger partial charge in [0.25, 0.3) is 0 Å². The Hall–Kier alpha value is -2.43. The van der Waals surface area contributed by atoms with Crippen LogP contribution >= 0.6 is 0 Å². The largest absolute Gasteiger partial charge is 0.340 e. The summed E-state index contributed by atoms with van der Waals surface area (Å²) in [5.74, 6) is 0.753. The second-order valence-electron chi connectivity index (χ2n) is 5.64. The van der Waals surface area contributed by atoms with Crippen molar-refractivity contribution in [1.82, 2.24) is 9.97 Å². The van der Waals surface area contributed by atoms with Gasteiger partial charge in [0.05, 0.1) is 5.92 Å². The number of carbonyl (C=O) groups excluding carboxylic acids is 1. The number of aryl methyl sites for hydroxylation is 1. The lowest BCUT2D eigenvalue weighted by atomic mass is 9.97. The number of aromatic nitrogens is 2. The number of piperidine rings is 1. The summed E-state index contributed by atoms with van der Waals surface area (Å²) in [7, 11) is 0. The number of benzene rings is 1. The topological polar surface area (TPSA) is 58.1 Å². The molecule has 22 heavy (non-hydrogen) atoms. The Labute approximate surface area is 130 Å². The Morgan fingerprint density at radius 3 is 2.77 bits per heavy atom. The van der Waals surface area contributed by atoms with Crippen LogP contribution in [0.5, 0.6) is 0 Å². The van der Waals surface area contributed by atoms with E-state index in [1.807, 2.05) is 31.2 Å². The first-order chi connectivity index (χ1) is 10.7. The van der Waals surface area contributed by atoms with Gasteiger partial charge in [0.15, 0.2) is 0 Å². The fourth-order valence-electron chi connectivity index (χ4n) is 2.78. The summed E-state index contributed by atoms with van der Waals surface area (Å²) in [6.07, 6.45) is 5.35. The van der Waals surface area contributed by atoms with E-state index in [4.69, 9.17) is 0 Å². The first kappa shape index (κ1) is 14.5. The molecule has 1 aromatic heterocycles. The number of anilines is 2. The molecule has 3 rings (SSSR count). The van der Waals surface area contributed by atoms with Gasteiger partial charge in [-0.2, -0.15) is 0 Å². The summed E-state index contributed by atoms with van der Waals surface area (Å²) in [6, 6.07) is 9.65. The second kappa shape index (κ2) is 6.56. The van der Waals surface area contributed by atoms with Gasteiger partial charge in [-0.25, -0.2) is 9.97 Å². The quantitative estimate of drug-likeness (QED) is 0.946. The van der Waals surface area contributed by atoms with Gasteiger partial charge in [0.1, 0.15) is 0 Å². The molecule has 0 spiro atoms. The van der Waals surface area contributed by atoms with E-state index in [1.54, 1.807) is 18.5 Å². The molecule has 1 fully saturated rings. The lowest BCUT2D eigenvalue weighted by molar-refractivity contribution is -0.120. The molecule has 1 N–H and O–H groups in total. The number of nitrogens with zero attached hydrogens (tertiary/aromatic N) is 3. The third kappa shape index (κ3) is 3.24. The average Bonchev–Trinajstić information content (AvgIpc) is 2.58. The van der Waals surface area contributed by atoms with Gasteiger partial charge in [-0.3, -0.25) is 4.79 Å². The molecule has 0 saturated carbocycles. The molecule has 0 aliphatic carbocycles. The van der Waals surface area contributed by atoms with E-state index in [0.29, 0.717) is 12.5 Å². The molecule has 0 radical (unpaired) electrons. The molecule has 1 amide bonds. The average molecular weight is 296 g/mol. The van der Waals surface area contributed by atoms with Crippen LogP contribution in [0.1, 0.15) is 18.4 Å². The van der Waals surface area contributed by atoms with Gasteiger partial charge >= 0.3 is 0 Å². The molecule has 2 aromatic rings. The van der Waals surface area contributed by atoms with Crippen LogP contribution in [-0.2, 0) is 4.79 Å². The van der Waals surface area contributed by atoms with Gasteiger partial charge in [-0.05, 0) is 37.5 Å². The lowest BCUT2D eigenvalue weighted by Crippen LogP contribution is -2.41. The fourth-order valence-corrected chi connectivity index (χ4v) is 2.78. The minimum Gasteiger partial charge on any atom is -0.340 e. The number of hydrogen-bond acceptors (Lipinski definition) is 4. The van der Waals surface area contributed by atoms with E-state index in [2.05, 4.69) is 20.2 Å². The first-order valence-electron chi connectivity index (χ1n) is 7.62. The van der Waals surface area contributed by atoms with Crippen LogP contribution in [0.4, 0.5) is 11.6 Å². The Balaban J connectivity index is 1.67. The third-order valence-corrected chi connectivity index (χ3v) is 4.03. The van der Waals surface area contributed by atoms with Crippen LogP contribution in [0.25, 0.3) is 0 Å². The molecular formula is C17H20N4O. The van der Waals surface area contributed by atoms with Crippen molar-refractivity contribution in [2.24, 2.45) is 5.92 Å². The van der Waals surface area contributed by atoms with Crippen molar-refractivity contribution in [1.29, 1.82) is 0 Å². The number of amides is 1. The molecule has 5 heteroatoms. The van der Waals surface area contributed by atoms with E-state index in [0.717, 1.165) is 30.6 Å². The smallest absolute Gasteiger partial charge is 0.229 e. The predicted molar refractivity (Wildman–Crippen MR) is 86.8 cm³/mol. The van der Waals surface area contributed by atoms with Gasteiger partial charge in [0, 0.05) is 31.2 Å². The standard InChI is InChI=1S/C17H20N4O/c1-13-6-2-3-8-15(13)20-16(22)14-7-4-11-21(12-14)17-18-9-5-10-19-17/h2-3,5-6,8-10,14H,4,7,11-12H2,1H3,(H,20,22)/t14-/m0/s1. The highest BCUT2D eigenvalue weighted by Crippen LogP contribution is 2.22. The summed E-state index contributed by atoms with van der Waals surface area (Å²) in [5.41, 5.74) is 1.97. The van der Waals surface area contributed by atoms with Crippen molar-refractivity contribution in [3.8, 4) is 0 Å². The number of rotatable bonds is 3. The SMILES string of the molecule is Cc1ccccc1NC(=O)[C@H]1CCCN(c2ncccn2)C1. The summed E-state index contributed by atoms with van der Waals surface area (Å²) >= 11 is 0. The van der Waals surface area contributed by atoms with Crippen molar-refractivity contribution < 1.29 is 4.79 Å². The van der Waals surface area contributed by atoms with Crippen LogP contribution < -0.4 is 10.2 Å². The zero-order valence-electron chi connectivity index (χ0n) is 12.7. The van der Waals surface area contributed by atoms with Crippen LogP contribution in [0.3, 0.4) is 0 Å². The third-order valence-electron chi connectivity index (χ3n) is 4.03. The zero-order chi connectivity index (χ0) is 15.4. The highest BCUT2D eigenvalue weighted by molar-refractivity contribution is 5.93. The number of para-hydroxylation sites is 1. The Bertz CT molecular complexity index is 644. The van der Waals surface area contributed by atoms with Crippen molar-refractivity contribution in [3.05, 3.63) is 48.3 Å². The molecule has 114 valence electrons. The van der Waals surface area contributed by atoms with Gasteiger partial charge < -0.3 is 10.2 Å². The second-order valence-corrected chi connectivity index (χ2v) is 5.64.